The van der Waals surface area contributed by atoms with Gasteiger partial charge in [0, 0.05) is 12.6 Å². The lowest BCUT2D eigenvalue weighted by molar-refractivity contribution is -0.385. The van der Waals surface area contributed by atoms with Crippen LogP contribution in [0.4, 0.5) is 5.69 Å². The molecule has 6 nitrogen and oxygen atoms in total. The first-order chi connectivity index (χ1) is 9.40. The van der Waals surface area contributed by atoms with Crippen LogP contribution < -0.4 is 10.1 Å². The van der Waals surface area contributed by atoms with Gasteiger partial charge in [0.2, 0.25) is 0 Å². The van der Waals surface area contributed by atoms with Crippen LogP contribution in [0.15, 0.2) is 18.2 Å². The van der Waals surface area contributed by atoms with Gasteiger partial charge in [-0.25, -0.2) is 0 Å². The van der Waals surface area contributed by atoms with Crippen molar-refractivity contribution in [3.05, 3.63) is 33.9 Å². The number of hydrogen-bond acceptors (Lipinski definition) is 4. The Morgan fingerprint density at radius 3 is 2.75 bits per heavy atom. The molecule has 0 fully saturated rings. The second-order valence-corrected chi connectivity index (χ2v) is 5.05. The van der Waals surface area contributed by atoms with Crippen LogP contribution in [0.2, 0.25) is 0 Å². The molecule has 20 heavy (non-hydrogen) atoms. The van der Waals surface area contributed by atoms with Gasteiger partial charge < -0.3 is 10.1 Å². The van der Waals surface area contributed by atoms with Crippen molar-refractivity contribution in [1.29, 1.82) is 0 Å². The van der Waals surface area contributed by atoms with Crippen LogP contribution in [-0.2, 0) is 4.79 Å². The number of nitro groups is 1. The van der Waals surface area contributed by atoms with Gasteiger partial charge in [0.1, 0.15) is 0 Å². The standard InChI is InChI=1S/C14H20N2O4/c1-10(2)6-7-15-14(17)9-20-13-5-4-11(3)8-12(13)16(18)19/h4-5,8,10H,6-7,9H2,1-3H3,(H,15,17). The summed E-state index contributed by atoms with van der Waals surface area (Å²) in [6, 6.07) is 4.64. The number of rotatable bonds is 7. The van der Waals surface area contributed by atoms with Crippen molar-refractivity contribution in [2.45, 2.75) is 27.2 Å². The van der Waals surface area contributed by atoms with Crippen molar-refractivity contribution >= 4 is 11.6 Å². The van der Waals surface area contributed by atoms with Gasteiger partial charge in [-0.2, -0.15) is 0 Å². The van der Waals surface area contributed by atoms with Crippen molar-refractivity contribution in [3.8, 4) is 5.75 Å². The molecule has 0 unspecified atom stereocenters. The fourth-order valence-corrected chi connectivity index (χ4v) is 1.59. The molecule has 0 aromatic heterocycles. The fourth-order valence-electron chi connectivity index (χ4n) is 1.59. The van der Waals surface area contributed by atoms with Crippen LogP contribution in [0.25, 0.3) is 0 Å². The van der Waals surface area contributed by atoms with Crippen LogP contribution in [0.5, 0.6) is 5.75 Å². The zero-order chi connectivity index (χ0) is 15.1. The van der Waals surface area contributed by atoms with Gasteiger partial charge in [0.15, 0.2) is 12.4 Å². The zero-order valence-corrected chi connectivity index (χ0v) is 12.0. The number of ether oxygens (including phenoxy) is 1. The first-order valence-electron chi connectivity index (χ1n) is 6.54. The molecule has 0 spiro atoms. The molecular formula is C14H20N2O4. The van der Waals surface area contributed by atoms with Gasteiger partial charge in [0.25, 0.3) is 5.91 Å². The molecule has 0 aliphatic heterocycles. The third-order valence-corrected chi connectivity index (χ3v) is 2.71. The highest BCUT2D eigenvalue weighted by Gasteiger charge is 2.16. The summed E-state index contributed by atoms with van der Waals surface area (Å²) in [6.45, 7) is 6.25. The largest absolute Gasteiger partial charge is 0.477 e. The topological polar surface area (TPSA) is 81.5 Å². The van der Waals surface area contributed by atoms with E-state index in [1.165, 1.54) is 12.1 Å². The monoisotopic (exact) mass is 280 g/mol. The van der Waals surface area contributed by atoms with Gasteiger partial charge in [0.05, 0.1) is 4.92 Å². The van der Waals surface area contributed by atoms with E-state index in [1.54, 1.807) is 13.0 Å². The predicted molar refractivity (Wildman–Crippen MR) is 75.8 cm³/mol. The molecule has 0 bridgehead atoms. The minimum absolute atomic E-state index is 0.111. The van der Waals surface area contributed by atoms with Crippen LogP contribution in [0, 0.1) is 23.0 Å². The molecule has 1 amide bonds. The highest BCUT2D eigenvalue weighted by molar-refractivity contribution is 5.77. The summed E-state index contributed by atoms with van der Waals surface area (Å²) in [5, 5.41) is 13.6. The molecule has 0 radical (unpaired) electrons. The first kappa shape index (κ1) is 15.9. The molecule has 1 aromatic carbocycles. The lowest BCUT2D eigenvalue weighted by Gasteiger charge is -2.09. The molecule has 1 aromatic rings. The van der Waals surface area contributed by atoms with E-state index < -0.39 is 4.92 Å². The molecule has 6 heteroatoms. The number of carbonyl (C=O) groups is 1. The van der Waals surface area contributed by atoms with Crippen LogP contribution >= 0.6 is 0 Å². The van der Waals surface area contributed by atoms with E-state index in [0.29, 0.717) is 12.5 Å². The van der Waals surface area contributed by atoms with Gasteiger partial charge >= 0.3 is 5.69 Å². The number of nitrogens with one attached hydrogen (secondary N) is 1. The van der Waals surface area contributed by atoms with Gasteiger partial charge in [-0.3, -0.25) is 14.9 Å². The molecular weight excluding hydrogens is 260 g/mol. The van der Waals surface area contributed by atoms with Crippen molar-refractivity contribution in [2.75, 3.05) is 13.2 Å². The smallest absolute Gasteiger partial charge is 0.311 e. The molecule has 0 aliphatic rings. The van der Waals surface area contributed by atoms with E-state index in [0.717, 1.165) is 12.0 Å². The Morgan fingerprint density at radius 2 is 2.15 bits per heavy atom. The molecule has 1 N–H and O–H groups in total. The number of amides is 1. The number of nitrogens with zero attached hydrogens (tertiary/aromatic N) is 1. The third-order valence-electron chi connectivity index (χ3n) is 2.71. The summed E-state index contributed by atoms with van der Waals surface area (Å²) in [4.78, 5) is 21.9. The Kier molecular flexibility index (Phi) is 5.96. The van der Waals surface area contributed by atoms with Gasteiger partial charge in [-0.15, -0.1) is 0 Å². The Morgan fingerprint density at radius 1 is 1.45 bits per heavy atom. The molecule has 1 rings (SSSR count). The Hall–Kier alpha value is -2.11. The number of carbonyl (C=O) groups excluding carboxylic acids is 1. The molecule has 0 atom stereocenters. The van der Waals surface area contributed by atoms with Crippen molar-refractivity contribution < 1.29 is 14.5 Å². The van der Waals surface area contributed by atoms with Crippen LogP contribution in [0.1, 0.15) is 25.8 Å². The number of aryl methyl sites for hydroxylation is 1. The minimum atomic E-state index is -0.515. The molecule has 110 valence electrons. The van der Waals surface area contributed by atoms with Crippen molar-refractivity contribution in [1.82, 2.24) is 5.32 Å². The number of hydrogen-bond donors (Lipinski definition) is 1. The lowest BCUT2D eigenvalue weighted by atomic mass is 10.1. The summed E-state index contributed by atoms with van der Waals surface area (Å²) in [5.74, 6) is 0.342. The minimum Gasteiger partial charge on any atom is -0.477 e. The molecule has 0 saturated heterocycles. The average Bonchev–Trinajstić information content (AvgIpc) is 2.36. The Labute approximate surface area is 118 Å². The number of benzene rings is 1. The fraction of sp³-hybridized carbons (Fsp3) is 0.500. The Balaban J connectivity index is 2.53. The maximum atomic E-state index is 11.5. The normalized spacial score (nSPS) is 10.4. The van der Waals surface area contributed by atoms with Gasteiger partial charge in [-0.1, -0.05) is 19.9 Å². The molecule has 0 saturated carbocycles. The van der Waals surface area contributed by atoms with Crippen LogP contribution in [0.3, 0.4) is 0 Å². The summed E-state index contributed by atoms with van der Waals surface area (Å²) in [6.07, 6.45) is 0.885. The second-order valence-electron chi connectivity index (χ2n) is 5.05. The summed E-state index contributed by atoms with van der Waals surface area (Å²) in [7, 11) is 0. The Bertz CT molecular complexity index is 486. The third kappa shape index (κ3) is 5.26. The van der Waals surface area contributed by atoms with Crippen molar-refractivity contribution in [3.63, 3.8) is 0 Å². The predicted octanol–water partition coefficient (Wildman–Crippen LogP) is 2.44. The number of nitro benzene ring substituents is 1. The molecule has 0 heterocycles. The highest BCUT2D eigenvalue weighted by atomic mass is 16.6. The maximum Gasteiger partial charge on any atom is 0.311 e. The first-order valence-corrected chi connectivity index (χ1v) is 6.54. The molecule has 0 aliphatic carbocycles. The van der Waals surface area contributed by atoms with Crippen LogP contribution in [-0.4, -0.2) is 24.0 Å². The van der Waals surface area contributed by atoms with E-state index in [1.807, 2.05) is 0 Å². The summed E-state index contributed by atoms with van der Waals surface area (Å²) >= 11 is 0. The summed E-state index contributed by atoms with van der Waals surface area (Å²) < 4.78 is 5.22. The average molecular weight is 280 g/mol. The zero-order valence-electron chi connectivity index (χ0n) is 12.0. The van der Waals surface area contributed by atoms with Crippen molar-refractivity contribution in [2.24, 2.45) is 5.92 Å². The quantitative estimate of drug-likeness (QED) is 0.614. The van der Waals surface area contributed by atoms with E-state index in [2.05, 4.69) is 19.2 Å². The maximum absolute atomic E-state index is 11.5. The highest BCUT2D eigenvalue weighted by Crippen LogP contribution is 2.27. The second kappa shape index (κ2) is 7.47. The summed E-state index contributed by atoms with van der Waals surface area (Å²) in [5.41, 5.74) is 0.644. The van der Waals surface area contributed by atoms with E-state index in [9.17, 15) is 14.9 Å². The van der Waals surface area contributed by atoms with E-state index >= 15 is 0 Å². The lowest BCUT2D eigenvalue weighted by Crippen LogP contribution is -2.30. The van der Waals surface area contributed by atoms with E-state index in [4.69, 9.17) is 4.74 Å². The SMILES string of the molecule is Cc1ccc(OCC(=O)NCCC(C)C)c([N+](=O)[O-])c1. The van der Waals surface area contributed by atoms with Gasteiger partial charge in [-0.05, 0) is 30.9 Å². The van der Waals surface area contributed by atoms with E-state index in [-0.39, 0.29) is 24.0 Å².